The standard InChI is InChI=1S/C14H19N3O/c1-11-4-5-14(18-3)13(10-11)15-8-6-12-7-9-16-17(12)2/h4-5,7,9-10,15H,6,8H2,1-3H3. The molecule has 1 aromatic heterocycles. The number of hydrogen-bond donors (Lipinski definition) is 1. The predicted octanol–water partition coefficient (Wildman–Crippen LogP) is 2.39. The van der Waals surface area contributed by atoms with Crippen molar-refractivity contribution in [1.82, 2.24) is 9.78 Å². The molecule has 0 unspecified atom stereocenters. The van der Waals surface area contributed by atoms with E-state index in [9.17, 15) is 0 Å². The van der Waals surface area contributed by atoms with E-state index in [4.69, 9.17) is 4.74 Å². The largest absolute Gasteiger partial charge is 0.495 e. The van der Waals surface area contributed by atoms with E-state index in [2.05, 4.69) is 23.4 Å². The maximum atomic E-state index is 5.33. The first-order chi connectivity index (χ1) is 8.70. The smallest absolute Gasteiger partial charge is 0.141 e. The van der Waals surface area contributed by atoms with Gasteiger partial charge in [0, 0.05) is 31.9 Å². The second-order valence-corrected chi connectivity index (χ2v) is 4.33. The lowest BCUT2D eigenvalue weighted by atomic mass is 10.2. The van der Waals surface area contributed by atoms with Crippen LogP contribution in [0.15, 0.2) is 30.5 Å². The molecule has 1 heterocycles. The highest BCUT2D eigenvalue weighted by Gasteiger charge is 2.03. The van der Waals surface area contributed by atoms with Crippen molar-refractivity contribution >= 4 is 5.69 Å². The minimum atomic E-state index is 0.860. The summed E-state index contributed by atoms with van der Waals surface area (Å²) in [4.78, 5) is 0. The number of nitrogens with zero attached hydrogens (tertiary/aromatic N) is 2. The molecular weight excluding hydrogens is 226 g/mol. The van der Waals surface area contributed by atoms with E-state index < -0.39 is 0 Å². The molecular formula is C14H19N3O. The Bertz CT molecular complexity index is 520. The molecule has 0 atom stereocenters. The lowest BCUT2D eigenvalue weighted by Crippen LogP contribution is -2.09. The Hall–Kier alpha value is -1.97. The lowest BCUT2D eigenvalue weighted by Gasteiger charge is -2.12. The van der Waals surface area contributed by atoms with Crippen molar-refractivity contribution in [2.75, 3.05) is 19.0 Å². The summed E-state index contributed by atoms with van der Waals surface area (Å²) in [6.07, 6.45) is 2.76. The van der Waals surface area contributed by atoms with Crippen molar-refractivity contribution in [3.8, 4) is 5.75 Å². The van der Waals surface area contributed by atoms with Crippen LogP contribution >= 0.6 is 0 Å². The molecule has 2 aromatic rings. The highest BCUT2D eigenvalue weighted by Crippen LogP contribution is 2.24. The fourth-order valence-corrected chi connectivity index (χ4v) is 1.93. The highest BCUT2D eigenvalue weighted by atomic mass is 16.5. The SMILES string of the molecule is COc1ccc(C)cc1NCCc1ccnn1C. The topological polar surface area (TPSA) is 39.1 Å². The number of rotatable bonds is 5. The molecule has 1 N–H and O–H groups in total. The average molecular weight is 245 g/mol. The van der Waals surface area contributed by atoms with Crippen molar-refractivity contribution in [3.63, 3.8) is 0 Å². The van der Waals surface area contributed by atoms with Crippen LogP contribution in [0.4, 0.5) is 5.69 Å². The third-order valence-electron chi connectivity index (χ3n) is 2.97. The van der Waals surface area contributed by atoms with Crippen LogP contribution in [-0.2, 0) is 13.5 Å². The molecule has 0 saturated carbocycles. The molecule has 4 heteroatoms. The van der Waals surface area contributed by atoms with Gasteiger partial charge in [-0.25, -0.2) is 0 Å². The van der Waals surface area contributed by atoms with E-state index in [1.807, 2.05) is 36.1 Å². The molecule has 0 aliphatic heterocycles. The van der Waals surface area contributed by atoms with Gasteiger partial charge in [-0.05, 0) is 30.7 Å². The molecule has 96 valence electrons. The Morgan fingerprint density at radius 3 is 2.83 bits per heavy atom. The summed E-state index contributed by atoms with van der Waals surface area (Å²) in [5.41, 5.74) is 3.48. The zero-order chi connectivity index (χ0) is 13.0. The second-order valence-electron chi connectivity index (χ2n) is 4.33. The van der Waals surface area contributed by atoms with E-state index in [1.54, 1.807) is 7.11 Å². The Morgan fingerprint density at radius 2 is 2.17 bits per heavy atom. The normalized spacial score (nSPS) is 10.4. The van der Waals surface area contributed by atoms with E-state index in [1.165, 1.54) is 11.3 Å². The summed E-state index contributed by atoms with van der Waals surface area (Å²) in [6.45, 7) is 2.94. The minimum absolute atomic E-state index is 0.860. The molecule has 0 bridgehead atoms. The summed E-state index contributed by atoms with van der Waals surface area (Å²) in [6, 6.07) is 8.17. The van der Waals surface area contributed by atoms with Crippen LogP contribution in [0.2, 0.25) is 0 Å². The third-order valence-corrected chi connectivity index (χ3v) is 2.97. The Labute approximate surface area is 108 Å². The van der Waals surface area contributed by atoms with Crippen molar-refractivity contribution in [2.24, 2.45) is 7.05 Å². The van der Waals surface area contributed by atoms with Crippen LogP contribution in [0.25, 0.3) is 0 Å². The summed E-state index contributed by atoms with van der Waals surface area (Å²) in [5.74, 6) is 0.880. The van der Waals surface area contributed by atoms with Crippen LogP contribution in [0, 0.1) is 6.92 Å². The van der Waals surface area contributed by atoms with Gasteiger partial charge < -0.3 is 10.1 Å². The van der Waals surface area contributed by atoms with Gasteiger partial charge in [-0.1, -0.05) is 6.07 Å². The van der Waals surface area contributed by atoms with Gasteiger partial charge >= 0.3 is 0 Å². The maximum absolute atomic E-state index is 5.33. The van der Waals surface area contributed by atoms with Crippen LogP contribution in [0.3, 0.4) is 0 Å². The van der Waals surface area contributed by atoms with Crippen LogP contribution in [0.5, 0.6) is 5.75 Å². The number of methoxy groups -OCH3 is 1. The Morgan fingerprint density at radius 1 is 1.33 bits per heavy atom. The summed E-state index contributed by atoms with van der Waals surface area (Å²) in [5, 5.41) is 7.56. The number of nitrogens with one attached hydrogen (secondary N) is 1. The van der Waals surface area contributed by atoms with Gasteiger partial charge in [0.1, 0.15) is 5.75 Å². The second kappa shape index (κ2) is 5.58. The van der Waals surface area contributed by atoms with Crippen molar-refractivity contribution in [2.45, 2.75) is 13.3 Å². The Balaban J connectivity index is 1.98. The van der Waals surface area contributed by atoms with Crippen LogP contribution in [-0.4, -0.2) is 23.4 Å². The molecule has 0 amide bonds. The van der Waals surface area contributed by atoms with Crippen LogP contribution < -0.4 is 10.1 Å². The van der Waals surface area contributed by atoms with Gasteiger partial charge in [0.2, 0.25) is 0 Å². The zero-order valence-electron chi connectivity index (χ0n) is 11.1. The first-order valence-corrected chi connectivity index (χ1v) is 6.06. The number of ether oxygens (including phenoxy) is 1. The Kier molecular flexibility index (Phi) is 3.87. The molecule has 4 nitrogen and oxygen atoms in total. The molecule has 1 aromatic carbocycles. The van der Waals surface area contributed by atoms with Crippen molar-refractivity contribution in [3.05, 3.63) is 41.7 Å². The molecule has 0 radical (unpaired) electrons. The van der Waals surface area contributed by atoms with Gasteiger partial charge in [-0.15, -0.1) is 0 Å². The van der Waals surface area contributed by atoms with Gasteiger partial charge in [0.25, 0.3) is 0 Å². The maximum Gasteiger partial charge on any atom is 0.141 e. The first kappa shape index (κ1) is 12.5. The van der Waals surface area contributed by atoms with Gasteiger partial charge in [0.15, 0.2) is 0 Å². The number of hydrogen-bond acceptors (Lipinski definition) is 3. The summed E-state index contributed by atoms with van der Waals surface area (Å²) in [7, 11) is 3.65. The summed E-state index contributed by atoms with van der Waals surface area (Å²) >= 11 is 0. The van der Waals surface area contributed by atoms with Crippen molar-refractivity contribution in [1.29, 1.82) is 0 Å². The van der Waals surface area contributed by atoms with E-state index in [-0.39, 0.29) is 0 Å². The number of aromatic nitrogens is 2. The highest BCUT2D eigenvalue weighted by molar-refractivity contribution is 5.57. The molecule has 0 aliphatic rings. The fraction of sp³-hybridized carbons (Fsp3) is 0.357. The molecule has 18 heavy (non-hydrogen) atoms. The van der Waals surface area contributed by atoms with Crippen LogP contribution in [0.1, 0.15) is 11.3 Å². The quantitative estimate of drug-likeness (QED) is 0.879. The molecule has 2 rings (SSSR count). The molecule has 0 spiro atoms. The van der Waals surface area contributed by atoms with Gasteiger partial charge in [0.05, 0.1) is 12.8 Å². The van der Waals surface area contributed by atoms with E-state index in [0.717, 1.165) is 24.4 Å². The van der Waals surface area contributed by atoms with E-state index >= 15 is 0 Å². The predicted molar refractivity (Wildman–Crippen MR) is 73.1 cm³/mol. The third kappa shape index (κ3) is 2.83. The van der Waals surface area contributed by atoms with Gasteiger partial charge in [-0.2, -0.15) is 5.10 Å². The molecule has 0 saturated heterocycles. The van der Waals surface area contributed by atoms with Crippen molar-refractivity contribution < 1.29 is 4.74 Å². The molecule has 0 aliphatic carbocycles. The summed E-state index contributed by atoms with van der Waals surface area (Å²) < 4.78 is 7.23. The lowest BCUT2D eigenvalue weighted by molar-refractivity contribution is 0.416. The fourth-order valence-electron chi connectivity index (χ4n) is 1.93. The van der Waals surface area contributed by atoms with Gasteiger partial charge in [-0.3, -0.25) is 4.68 Å². The number of aryl methyl sites for hydroxylation is 2. The average Bonchev–Trinajstić information content (AvgIpc) is 2.76. The number of anilines is 1. The van der Waals surface area contributed by atoms with E-state index in [0.29, 0.717) is 0 Å². The zero-order valence-corrected chi connectivity index (χ0v) is 11.1. The minimum Gasteiger partial charge on any atom is -0.495 e. The monoisotopic (exact) mass is 245 g/mol. The molecule has 0 fully saturated rings. The first-order valence-electron chi connectivity index (χ1n) is 6.06. The number of benzene rings is 1.